The SMILES string of the molecule is Cc1ccc(C(N)c2cncnc2)cc1Br. The molecule has 0 aliphatic carbocycles. The van der Waals surface area contributed by atoms with E-state index in [0.717, 1.165) is 15.6 Å². The summed E-state index contributed by atoms with van der Waals surface area (Å²) >= 11 is 3.50. The van der Waals surface area contributed by atoms with Crippen molar-refractivity contribution in [3.05, 3.63) is 58.1 Å². The minimum Gasteiger partial charge on any atom is -0.320 e. The highest BCUT2D eigenvalue weighted by Crippen LogP contribution is 2.23. The summed E-state index contributed by atoms with van der Waals surface area (Å²) in [4.78, 5) is 7.94. The van der Waals surface area contributed by atoms with Gasteiger partial charge in [-0.25, -0.2) is 9.97 Å². The first-order chi connectivity index (χ1) is 7.68. The maximum Gasteiger partial charge on any atom is 0.115 e. The number of hydrogen-bond donors (Lipinski definition) is 1. The van der Waals surface area contributed by atoms with Crippen LogP contribution in [0.2, 0.25) is 0 Å². The molecule has 1 heterocycles. The summed E-state index contributed by atoms with van der Waals surface area (Å²) < 4.78 is 1.07. The Morgan fingerprint density at radius 3 is 2.50 bits per heavy atom. The summed E-state index contributed by atoms with van der Waals surface area (Å²) in [6.07, 6.45) is 4.98. The van der Waals surface area contributed by atoms with Gasteiger partial charge in [-0.3, -0.25) is 0 Å². The predicted octanol–water partition coefficient (Wildman–Crippen LogP) is 2.60. The minimum atomic E-state index is -0.182. The van der Waals surface area contributed by atoms with Gasteiger partial charge in [0.05, 0.1) is 6.04 Å². The third kappa shape index (κ3) is 2.28. The molecule has 2 rings (SSSR count). The van der Waals surface area contributed by atoms with E-state index >= 15 is 0 Å². The van der Waals surface area contributed by atoms with Gasteiger partial charge in [0, 0.05) is 22.4 Å². The van der Waals surface area contributed by atoms with Crippen molar-refractivity contribution in [1.29, 1.82) is 0 Å². The zero-order valence-corrected chi connectivity index (χ0v) is 10.5. The van der Waals surface area contributed by atoms with Crippen LogP contribution >= 0.6 is 15.9 Å². The lowest BCUT2D eigenvalue weighted by Gasteiger charge is -2.12. The number of nitrogens with two attached hydrogens (primary N) is 1. The Labute approximate surface area is 103 Å². The van der Waals surface area contributed by atoms with E-state index in [9.17, 15) is 0 Å². The van der Waals surface area contributed by atoms with Crippen LogP contribution in [0.25, 0.3) is 0 Å². The van der Waals surface area contributed by atoms with Crippen LogP contribution in [-0.4, -0.2) is 9.97 Å². The lowest BCUT2D eigenvalue weighted by molar-refractivity contribution is 0.849. The highest BCUT2D eigenvalue weighted by atomic mass is 79.9. The van der Waals surface area contributed by atoms with Gasteiger partial charge in [0.15, 0.2) is 0 Å². The molecule has 82 valence electrons. The summed E-state index contributed by atoms with van der Waals surface area (Å²) in [5, 5.41) is 0. The van der Waals surface area contributed by atoms with E-state index in [4.69, 9.17) is 5.73 Å². The Balaban J connectivity index is 2.34. The van der Waals surface area contributed by atoms with Crippen LogP contribution in [0, 0.1) is 6.92 Å². The monoisotopic (exact) mass is 277 g/mol. The Morgan fingerprint density at radius 2 is 1.88 bits per heavy atom. The normalized spacial score (nSPS) is 12.4. The average molecular weight is 278 g/mol. The second-order valence-corrected chi connectivity index (χ2v) is 4.51. The van der Waals surface area contributed by atoms with Crippen LogP contribution in [0.3, 0.4) is 0 Å². The van der Waals surface area contributed by atoms with E-state index in [2.05, 4.69) is 25.9 Å². The van der Waals surface area contributed by atoms with E-state index in [1.165, 1.54) is 11.9 Å². The number of nitrogens with zero attached hydrogens (tertiary/aromatic N) is 2. The van der Waals surface area contributed by atoms with Crippen molar-refractivity contribution in [3.63, 3.8) is 0 Å². The number of rotatable bonds is 2. The van der Waals surface area contributed by atoms with E-state index < -0.39 is 0 Å². The summed E-state index contributed by atoms with van der Waals surface area (Å²) in [5.74, 6) is 0. The molecule has 4 heteroatoms. The molecule has 0 amide bonds. The van der Waals surface area contributed by atoms with Gasteiger partial charge in [0.25, 0.3) is 0 Å². The molecule has 1 aromatic carbocycles. The first-order valence-corrected chi connectivity index (χ1v) is 5.74. The molecule has 0 spiro atoms. The first kappa shape index (κ1) is 11.2. The van der Waals surface area contributed by atoms with Gasteiger partial charge >= 0.3 is 0 Å². The molecular weight excluding hydrogens is 266 g/mol. The number of hydrogen-bond acceptors (Lipinski definition) is 3. The third-order valence-electron chi connectivity index (χ3n) is 2.49. The van der Waals surface area contributed by atoms with Gasteiger partial charge in [0.2, 0.25) is 0 Å². The molecule has 16 heavy (non-hydrogen) atoms. The molecule has 0 saturated carbocycles. The molecule has 0 radical (unpaired) electrons. The largest absolute Gasteiger partial charge is 0.320 e. The quantitative estimate of drug-likeness (QED) is 0.918. The Hall–Kier alpha value is -1.26. The third-order valence-corrected chi connectivity index (χ3v) is 3.35. The van der Waals surface area contributed by atoms with Crippen LogP contribution in [0.1, 0.15) is 22.7 Å². The zero-order valence-electron chi connectivity index (χ0n) is 8.89. The molecule has 1 unspecified atom stereocenters. The smallest absolute Gasteiger partial charge is 0.115 e. The van der Waals surface area contributed by atoms with Crippen molar-refractivity contribution in [1.82, 2.24) is 9.97 Å². The van der Waals surface area contributed by atoms with Crippen molar-refractivity contribution < 1.29 is 0 Å². The van der Waals surface area contributed by atoms with E-state index in [1.807, 2.05) is 25.1 Å². The highest BCUT2D eigenvalue weighted by Gasteiger charge is 2.10. The molecule has 0 fully saturated rings. The van der Waals surface area contributed by atoms with Crippen LogP contribution in [0.15, 0.2) is 41.4 Å². The summed E-state index contributed by atoms with van der Waals surface area (Å²) in [6, 6.07) is 5.92. The van der Waals surface area contributed by atoms with Crippen molar-refractivity contribution in [2.24, 2.45) is 5.73 Å². The van der Waals surface area contributed by atoms with E-state index in [0.29, 0.717) is 0 Å². The lowest BCUT2D eigenvalue weighted by atomic mass is 10.0. The first-order valence-electron chi connectivity index (χ1n) is 4.95. The van der Waals surface area contributed by atoms with Gasteiger partial charge in [0.1, 0.15) is 6.33 Å². The second kappa shape index (κ2) is 4.72. The Bertz CT molecular complexity index is 485. The molecule has 0 bridgehead atoms. The van der Waals surface area contributed by atoms with Gasteiger partial charge in [-0.05, 0) is 24.1 Å². The fourth-order valence-electron chi connectivity index (χ4n) is 1.47. The second-order valence-electron chi connectivity index (χ2n) is 3.66. The van der Waals surface area contributed by atoms with Gasteiger partial charge < -0.3 is 5.73 Å². The summed E-state index contributed by atoms with van der Waals surface area (Å²) in [7, 11) is 0. The fourth-order valence-corrected chi connectivity index (χ4v) is 1.86. The van der Waals surface area contributed by atoms with E-state index in [1.54, 1.807) is 12.4 Å². The van der Waals surface area contributed by atoms with Crippen LogP contribution in [0.4, 0.5) is 0 Å². The van der Waals surface area contributed by atoms with Crippen LogP contribution in [0.5, 0.6) is 0 Å². The number of benzene rings is 1. The number of halogens is 1. The summed E-state index contributed by atoms with van der Waals surface area (Å²) in [5.41, 5.74) is 9.29. The molecule has 3 nitrogen and oxygen atoms in total. The molecule has 0 aliphatic heterocycles. The number of aromatic nitrogens is 2. The van der Waals surface area contributed by atoms with Crippen molar-refractivity contribution >= 4 is 15.9 Å². The van der Waals surface area contributed by atoms with Gasteiger partial charge in [-0.2, -0.15) is 0 Å². The standard InChI is InChI=1S/C12H12BrN3/c1-8-2-3-9(4-11(8)13)12(14)10-5-15-7-16-6-10/h2-7,12H,14H2,1H3. The Morgan fingerprint density at radius 1 is 1.19 bits per heavy atom. The summed E-state index contributed by atoms with van der Waals surface area (Å²) in [6.45, 7) is 2.05. The molecule has 0 saturated heterocycles. The molecule has 2 N–H and O–H groups in total. The maximum atomic E-state index is 6.13. The van der Waals surface area contributed by atoms with Crippen molar-refractivity contribution in [2.45, 2.75) is 13.0 Å². The van der Waals surface area contributed by atoms with E-state index in [-0.39, 0.29) is 6.04 Å². The molecular formula is C12H12BrN3. The van der Waals surface area contributed by atoms with Crippen molar-refractivity contribution in [3.8, 4) is 0 Å². The predicted molar refractivity (Wildman–Crippen MR) is 66.9 cm³/mol. The maximum absolute atomic E-state index is 6.13. The highest BCUT2D eigenvalue weighted by molar-refractivity contribution is 9.10. The topological polar surface area (TPSA) is 51.8 Å². The van der Waals surface area contributed by atoms with Gasteiger partial charge in [-0.15, -0.1) is 0 Å². The Kier molecular flexibility index (Phi) is 3.31. The molecule has 1 aromatic heterocycles. The molecule has 1 atom stereocenters. The minimum absolute atomic E-state index is 0.182. The van der Waals surface area contributed by atoms with Crippen molar-refractivity contribution in [2.75, 3.05) is 0 Å². The van der Waals surface area contributed by atoms with Crippen LogP contribution in [-0.2, 0) is 0 Å². The fraction of sp³-hybridized carbons (Fsp3) is 0.167. The average Bonchev–Trinajstić information content (AvgIpc) is 2.33. The molecule has 2 aromatic rings. The number of aryl methyl sites for hydroxylation is 1. The molecule has 0 aliphatic rings. The van der Waals surface area contributed by atoms with Crippen LogP contribution < -0.4 is 5.73 Å². The van der Waals surface area contributed by atoms with Gasteiger partial charge in [-0.1, -0.05) is 28.1 Å². The lowest BCUT2D eigenvalue weighted by Crippen LogP contribution is -2.12. The zero-order chi connectivity index (χ0) is 11.5.